The predicted octanol–water partition coefficient (Wildman–Crippen LogP) is 2.99. The average Bonchev–Trinajstić information content (AvgIpc) is 2.94. The zero-order valence-electron chi connectivity index (χ0n) is 12.1. The van der Waals surface area contributed by atoms with Gasteiger partial charge in [0.2, 0.25) is 0 Å². The van der Waals surface area contributed by atoms with E-state index < -0.39 is 0 Å². The first kappa shape index (κ1) is 13.4. The molecule has 0 aliphatic rings. The van der Waals surface area contributed by atoms with Crippen LogP contribution >= 0.6 is 0 Å². The number of benzene rings is 1. The zero-order chi connectivity index (χ0) is 14.7. The van der Waals surface area contributed by atoms with Gasteiger partial charge in [-0.2, -0.15) is 0 Å². The molecule has 6 heteroatoms. The standard InChI is InChI=1S/C15H17N5O/c1-3-20-10-18-13-14(16-9-17-15(13)20)19-11-7-5-6-8-12(11)21-4-2/h5-10H,3-4H2,1-2H3,(H,16,17,19). The number of hydrogen-bond donors (Lipinski definition) is 1. The van der Waals surface area contributed by atoms with Crippen LogP contribution < -0.4 is 10.1 Å². The molecule has 6 nitrogen and oxygen atoms in total. The first-order valence-corrected chi connectivity index (χ1v) is 6.98. The fourth-order valence-electron chi connectivity index (χ4n) is 2.18. The molecule has 0 unspecified atom stereocenters. The van der Waals surface area contributed by atoms with Gasteiger partial charge < -0.3 is 14.6 Å². The van der Waals surface area contributed by atoms with E-state index in [1.54, 1.807) is 12.7 Å². The van der Waals surface area contributed by atoms with Gasteiger partial charge in [0.15, 0.2) is 17.0 Å². The smallest absolute Gasteiger partial charge is 0.165 e. The van der Waals surface area contributed by atoms with E-state index in [1.807, 2.05) is 35.8 Å². The molecule has 0 bridgehead atoms. The number of aryl methyl sites for hydroxylation is 1. The minimum Gasteiger partial charge on any atom is -0.492 e. The molecular weight excluding hydrogens is 266 g/mol. The molecule has 0 aliphatic heterocycles. The highest BCUT2D eigenvalue weighted by atomic mass is 16.5. The quantitative estimate of drug-likeness (QED) is 0.779. The van der Waals surface area contributed by atoms with Crippen molar-refractivity contribution in [1.29, 1.82) is 0 Å². The number of aromatic nitrogens is 4. The lowest BCUT2D eigenvalue weighted by molar-refractivity contribution is 0.342. The lowest BCUT2D eigenvalue weighted by Gasteiger charge is -2.11. The molecule has 0 fully saturated rings. The van der Waals surface area contributed by atoms with E-state index in [9.17, 15) is 0 Å². The van der Waals surface area contributed by atoms with Crippen molar-refractivity contribution in [3.8, 4) is 5.75 Å². The molecule has 0 spiro atoms. The van der Waals surface area contributed by atoms with Gasteiger partial charge in [0.25, 0.3) is 0 Å². The zero-order valence-corrected chi connectivity index (χ0v) is 12.1. The molecule has 0 aliphatic carbocycles. The van der Waals surface area contributed by atoms with Crippen LogP contribution in [0.1, 0.15) is 13.8 Å². The Hall–Kier alpha value is -2.63. The number of fused-ring (bicyclic) bond motifs is 1. The third-order valence-electron chi connectivity index (χ3n) is 3.18. The molecule has 1 N–H and O–H groups in total. The number of nitrogens with one attached hydrogen (secondary N) is 1. The molecule has 0 amide bonds. The minimum absolute atomic E-state index is 0.613. The lowest BCUT2D eigenvalue weighted by atomic mass is 10.3. The highest BCUT2D eigenvalue weighted by Crippen LogP contribution is 2.28. The summed E-state index contributed by atoms with van der Waals surface area (Å²) in [6.07, 6.45) is 3.32. The largest absolute Gasteiger partial charge is 0.492 e. The maximum absolute atomic E-state index is 5.62. The Balaban J connectivity index is 2.00. The van der Waals surface area contributed by atoms with Crippen LogP contribution in [0.5, 0.6) is 5.75 Å². The molecule has 0 saturated carbocycles. The topological polar surface area (TPSA) is 64.9 Å². The van der Waals surface area contributed by atoms with Gasteiger partial charge in [0.1, 0.15) is 12.1 Å². The molecule has 2 aromatic heterocycles. The van der Waals surface area contributed by atoms with Crippen molar-refractivity contribution >= 4 is 22.7 Å². The van der Waals surface area contributed by atoms with Crippen molar-refractivity contribution in [2.24, 2.45) is 0 Å². The highest BCUT2D eigenvalue weighted by Gasteiger charge is 2.11. The lowest BCUT2D eigenvalue weighted by Crippen LogP contribution is -2.01. The third kappa shape index (κ3) is 2.52. The van der Waals surface area contributed by atoms with Gasteiger partial charge in [-0.15, -0.1) is 0 Å². The molecule has 3 aromatic rings. The maximum atomic E-state index is 5.62. The third-order valence-corrected chi connectivity index (χ3v) is 3.18. The van der Waals surface area contributed by atoms with E-state index in [-0.39, 0.29) is 0 Å². The van der Waals surface area contributed by atoms with Crippen LogP contribution in [0.2, 0.25) is 0 Å². The molecule has 1 aromatic carbocycles. The maximum Gasteiger partial charge on any atom is 0.165 e. The van der Waals surface area contributed by atoms with Crippen molar-refractivity contribution in [2.45, 2.75) is 20.4 Å². The van der Waals surface area contributed by atoms with Crippen molar-refractivity contribution in [2.75, 3.05) is 11.9 Å². The Bertz CT molecular complexity index is 753. The van der Waals surface area contributed by atoms with E-state index in [0.717, 1.165) is 29.1 Å². The van der Waals surface area contributed by atoms with Crippen molar-refractivity contribution in [3.05, 3.63) is 36.9 Å². The first-order chi connectivity index (χ1) is 10.3. The van der Waals surface area contributed by atoms with Gasteiger partial charge in [-0.25, -0.2) is 15.0 Å². The molecular formula is C15H17N5O. The Kier molecular flexibility index (Phi) is 3.68. The first-order valence-electron chi connectivity index (χ1n) is 6.98. The van der Waals surface area contributed by atoms with Crippen molar-refractivity contribution < 1.29 is 4.74 Å². The Morgan fingerprint density at radius 2 is 2.00 bits per heavy atom. The number of imidazole rings is 1. The van der Waals surface area contributed by atoms with E-state index in [0.29, 0.717) is 12.4 Å². The van der Waals surface area contributed by atoms with Gasteiger partial charge in [-0.05, 0) is 26.0 Å². The minimum atomic E-state index is 0.613. The average molecular weight is 283 g/mol. The molecule has 108 valence electrons. The van der Waals surface area contributed by atoms with Crippen LogP contribution in [0, 0.1) is 0 Å². The van der Waals surface area contributed by atoms with Crippen molar-refractivity contribution in [3.63, 3.8) is 0 Å². The second-order valence-corrected chi connectivity index (χ2v) is 4.48. The van der Waals surface area contributed by atoms with Crippen LogP contribution in [0.4, 0.5) is 11.5 Å². The number of hydrogen-bond acceptors (Lipinski definition) is 5. The van der Waals surface area contributed by atoms with Crippen LogP contribution in [-0.4, -0.2) is 26.1 Å². The Labute approximate surface area is 122 Å². The molecule has 0 atom stereocenters. The Morgan fingerprint density at radius 1 is 1.14 bits per heavy atom. The normalized spacial score (nSPS) is 10.8. The summed E-state index contributed by atoms with van der Waals surface area (Å²) in [6, 6.07) is 7.77. The van der Waals surface area contributed by atoms with Crippen LogP contribution in [0.3, 0.4) is 0 Å². The monoisotopic (exact) mass is 283 g/mol. The SMILES string of the molecule is CCOc1ccccc1Nc1ncnc2c1ncn2CC. The van der Waals surface area contributed by atoms with E-state index >= 15 is 0 Å². The van der Waals surface area contributed by atoms with E-state index in [4.69, 9.17) is 4.74 Å². The summed E-state index contributed by atoms with van der Waals surface area (Å²) in [5.74, 6) is 1.47. The van der Waals surface area contributed by atoms with Gasteiger partial charge in [-0.3, -0.25) is 0 Å². The van der Waals surface area contributed by atoms with Crippen LogP contribution in [0.25, 0.3) is 11.2 Å². The number of anilines is 2. The Morgan fingerprint density at radius 3 is 2.81 bits per heavy atom. The summed E-state index contributed by atoms with van der Waals surface area (Å²) in [5.41, 5.74) is 2.44. The summed E-state index contributed by atoms with van der Waals surface area (Å²) in [4.78, 5) is 13.0. The number of nitrogens with zero attached hydrogens (tertiary/aromatic N) is 4. The number of para-hydroxylation sites is 2. The van der Waals surface area contributed by atoms with Crippen LogP contribution in [-0.2, 0) is 6.54 Å². The molecule has 3 rings (SSSR count). The summed E-state index contributed by atoms with van der Waals surface area (Å²) < 4.78 is 7.60. The van der Waals surface area contributed by atoms with Gasteiger partial charge in [0, 0.05) is 6.54 Å². The second-order valence-electron chi connectivity index (χ2n) is 4.48. The summed E-state index contributed by atoms with van der Waals surface area (Å²) in [5, 5.41) is 3.29. The molecule has 21 heavy (non-hydrogen) atoms. The summed E-state index contributed by atoms with van der Waals surface area (Å²) in [6.45, 7) is 5.45. The molecule has 0 radical (unpaired) electrons. The van der Waals surface area contributed by atoms with Gasteiger partial charge >= 0.3 is 0 Å². The predicted molar refractivity (Wildman–Crippen MR) is 81.9 cm³/mol. The van der Waals surface area contributed by atoms with Crippen LogP contribution in [0.15, 0.2) is 36.9 Å². The van der Waals surface area contributed by atoms with Gasteiger partial charge in [-0.1, -0.05) is 12.1 Å². The fourth-order valence-corrected chi connectivity index (χ4v) is 2.18. The highest BCUT2D eigenvalue weighted by molar-refractivity contribution is 5.85. The summed E-state index contributed by atoms with van der Waals surface area (Å²) in [7, 11) is 0. The summed E-state index contributed by atoms with van der Waals surface area (Å²) >= 11 is 0. The van der Waals surface area contributed by atoms with Gasteiger partial charge in [0.05, 0.1) is 18.6 Å². The van der Waals surface area contributed by atoms with E-state index in [2.05, 4.69) is 27.2 Å². The second kappa shape index (κ2) is 5.78. The molecule has 2 heterocycles. The fraction of sp³-hybridized carbons (Fsp3) is 0.267. The number of ether oxygens (including phenoxy) is 1. The van der Waals surface area contributed by atoms with E-state index in [1.165, 1.54) is 0 Å². The molecule has 0 saturated heterocycles. The number of rotatable bonds is 5. The van der Waals surface area contributed by atoms with Crippen molar-refractivity contribution in [1.82, 2.24) is 19.5 Å².